The fraction of sp³-hybridized carbons (Fsp3) is 0.562. The van der Waals surface area contributed by atoms with E-state index in [-0.39, 0.29) is 43.7 Å². The number of piperidine rings is 1. The van der Waals surface area contributed by atoms with Gasteiger partial charge in [-0.25, -0.2) is 8.78 Å². The summed E-state index contributed by atoms with van der Waals surface area (Å²) in [4.78, 5) is 13.4. The van der Waals surface area contributed by atoms with Crippen LogP contribution in [0.3, 0.4) is 0 Å². The van der Waals surface area contributed by atoms with E-state index in [4.69, 9.17) is 0 Å². The number of carbonyl (C=O) groups is 1. The highest BCUT2D eigenvalue weighted by Crippen LogP contribution is 2.37. The zero-order chi connectivity index (χ0) is 17.7. The van der Waals surface area contributed by atoms with Gasteiger partial charge in [0.15, 0.2) is 0 Å². The number of hydrogen-bond donors (Lipinski definition) is 1. The molecule has 1 fully saturated rings. The first kappa shape index (κ1) is 17.1. The summed E-state index contributed by atoms with van der Waals surface area (Å²) < 4.78 is 66.8. The van der Waals surface area contributed by atoms with Gasteiger partial charge in [0.05, 0.1) is 5.56 Å². The lowest BCUT2D eigenvalue weighted by Gasteiger charge is -2.36. The minimum atomic E-state index is -4.56. The predicted octanol–water partition coefficient (Wildman–Crippen LogP) is 3.43. The Morgan fingerprint density at radius 2 is 2.04 bits per heavy atom. The van der Waals surface area contributed by atoms with Gasteiger partial charge in [-0.3, -0.25) is 9.69 Å². The van der Waals surface area contributed by atoms with Crippen molar-refractivity contribution in [2.75, 3.05) is 13.1 Å². The maximum atomic E-state index is 13.5. The van der Waals surface area contributed by atoms with E-state index >= 15 is 0 Å². The molecule has 132 valence electrons. The number of hydrogen-bond acceptors (Lipinski definition) is 2. The molecule has 3 rings (SSSR count). The molecule has 1 aromatic carbocycles. The first-order valence-corrected chi connectivity index (χ1v) is 7.69. The monoisotopic (exact) mass is 348 g/mol. The van der Waals surface area contributed by atoms with E-state index in [1.165, 1.54) is 13.0 Å². The van der Waals surface area contributed by atoms with Crippen LogP contribution in [0.1, 0.15) is 40.4 Å². The minimum Gasteiger partial charge on any atom is -0.348 e. The Bertz CT molecular complexity index is 671. The van der Waals surface area contributed by atoms with E-state index < -0.39 is 29.5 Å². The number of amides is 1. The lowest BCUT2D eigenvalue weighted by molar-refractivity contribution is -0.138. The van der Waals surface area contributed by atoms with Gasteiger partial charge in [0.2, 0.25) is 0 Å². The molecule has 0 saturated carbocycles. The number of halogens is 5. The van der Waals surface area contributed by atoms with Crippen LogP contribution in [0.5, 0.6) is 0 Å². The van der Waals surface area contributed by atoms with Crippen molar-refractivity contribution in [1.29, 1.82) is 0 Å². The average Bonchev–Trinajstić information content (AvgIpc) is 2.83. The lowest BCUT2D eigenvalue weighted by atomic mass is 9.94. The molecule has 1 aromatic rings. The molecule has 1 unspecified atom stereocenters. The fourth-order valence-electron chi connectivity index (χ4n) is 3.30. The zero-order valence-corrected chi connectivity index (χ0v) is 13.0. The topological polar surface area (TPSA) is 32.3 Å². The van der Waals surface area contributed by atoms with E-state index in [9.17, 15) is 26.7 Å². The van der Waals surface area contributed by atoms with Crippen molar-refractivity contribution in [3.63, 3.8) is 0 Å². The van der Waals surface area contributed by atoms with E-state index in [0.717, 1.165) is 6.07 Å². The summed E-state index contributed by atoms with van der Waals surface area (Å²) in [6, 6.07) is 2.46. The van der Waals surface area contributed by atoms with Crippen LogP contribution >= 0.6 is 0 Å². The smallest absolute Gasteiger partial charge is 0.348 e. The molecule has 0 aromatic heterocycles. The van der Waals surface area contributed by atoms with Gasteiger partial charge in [0.1, 0.15) is 0 Å². The number of fused-ring (bicyclic) bond motifs is 1. The largest absolute Gasteiger partial charge is 0.416 e. The summed E-state index contributed by atoms with van der Waals surface area (Å²) in [6.45, 7) is 1.63. The number of nitrogens with one attached hydrogen (secondary N) is 1. The molecule has 24 heavy (non-hydrogen) atoms. The van der Waals surface area contributed by atoms with Crippen LogP contribution < -0.4 is 5.32 Å². The number of likely N-dealkylation sites (tertiary alicyclic amines) is 1. The van der Waals surface area contributed by atoms with Crippen LogP contribution in [0, 0.1) is 5.92 Å². The number of rotatable bonds is 2. The van der Waals surface area contributed by atoms with E-state index in [1.807, 2.05) is 0 Å². The van der Waals surface area contributed by atoms with Crippen LogP contribution in [-0.2, 0) is 19.3 Å². The third kappa shape index (κ3) is 3.11. The second kappa shape index (κ2) is 5.68. The average molecular weight is 348 g/mol. The molecule has 0 bridgehead atoms. The van der Waals surface area contributed by atoms with Gasteiger partial charge in [0.25, 0.3) is 11.8 Å². The summed E-state index contributed by atoms with van der Waals surface area (Å²) in [7, 11) is 0. The van der Waals surface area contributed by atoms with Crippen LogP contribution in [0.2, 0.25) is 0 Å². The van der Waals surface area contributed by atoms with Crippen molar-refractivity contribution in [3.8, 4) is 0 Å². The van der Waals surface area contributed by atoms with Gasteiger partial charge in [0, 0.05) is 44.1 Å². The van der Waals surface area contributed by atoms with Gasteiger partial charge in [-0.15, -0.1) is 0 Å². The summed E-state index contributed by atoms with van der Waals surface area (Å²) in [5.74, 6) is -4.13. The predicted molar refractivity (Wildman–Crippen MR) is 76.6 cm³/mol. The molecule has 3 nitrogen and oxygen atoms in total. The number of alkyl halides is 5. The van der Waals surface area contributed by atoms with Crippen molar-refractivity contribution in [2.24, 2.45) is 5.92 Å². The lowest BCUT2D eigenvalue weighted by Crippen LogP contribution is -2.45. The summed E-state index contributed by atoms with van der Waals surface area (Å²) >= 11 is 0. The molecule has 2 heterocycles. The molecule has 0 radical (unpaired) electrons. The van der Waals surface area contributed by atoms with Crippen molar-refractivity contribution in [2.45, 2.75) is 38.5 Å². The molecule has 1 N–H and O–H groups in total. The van der Waals surface area contributed by atoms with Crippen LogP contribution in [-0.4, -0.2) is 29.8 Å². The molecule has 0 aliphatic carbocycles. The molecule has 8 heteroatoms. The van der Waals surface area contributed by atoms with Gasteiger partial charge in [-0.1, -0.05) is 6.92 Å². The van der Waals surface area contributed by atoms with Crippen molar-refractivity contribution in [1.82, 2.24) is 10.2 Å². The first-order valence-electron chi connectivity index (χ1n) is 7.69. The minimum absolute atomic E-state index is 0.0233. The first-order chi connectivity index (χ1) is 11.1. The number of benzene rings is 1. The second-order valence-electron chi connectivity index (χ2n) is 6.50. The molecule has 2 aliphatic heterocycles. The Kier molecular flexibility index (Phi) is 4.06. The zero-order valence-electron chi connectivity index (χ0n) is 13.0. The van der Waals surface area contributed by atoms with Crippen LogP contribution in [0.15, 0.2) is 12.1 Å². The summed E-state index contributed by atoms with van der Waals surface area (Å²) in [5.41, 5.74) is -0.538. The number of carbonyl (C=O) groups excluding carboxylic acids is 1. The van der Waals surface area contributed by atoms with Crippen molar-refractivity contribution >= 4 is 5.91 Å². The third-order valence-corrected chi connectivity index (χ3v) is 4.71. The highest BCUT2D eigenvalue weighted by molar-refractivity contribution is 5.99. The molecule has 0 spiro atoms. The number of nitrogens with zero attached hydrogens (tertiary/aromatic N) is 1. The van der Waals surface area contributed by atoms with Crippen LogP contribution in [0.25, 0.3) is 0 Å². The Labute approximate surface area is 135 Å². The molecule has 1 amide bonds. The van der Waals surface area contributed by atoms with Crippen molar-refractivity contribution in [3.05, 3.63) is 34.4 Å². The molecule has 1 atom stereocenters. The standard InChI is InChI=1S/C16H17F5N2O/c1-9-7-23(3-2-15(9,17)18)8-10-4-11-12(6-22-14(11)24)13(5-10)16(19,20)21/h4-5,9H,2-3,6-8H2,1H3,(H,22,24). The Morgan fingerprint density at radius 3 is 2.67 bits per heavy atom. The molecular formula is C16H17F5N2O. The molecular weight excluding hydrogens is 331 g/mol. The van der Waals surface area contributed by atoms with Gasteiger partial charge >= 0.3 is 6.18 Å². The van der Waals surface area contributed by atoms with E-state index in [0.29, 0.717) is 5.56 Å². The van der Waals surface area contributed by atoms with Crippen molar-refractivity contribution < 1.29 is 26.7 Å². The quantitative estimate of drug-likeness (QED) is 0.831. The van der Waals surface area contributed by atoms with E-state index in [1.54, 1.807) is 4.90 Å². The summed E-state index contributed by atoms with van der Waals surface area (Å²) in [6.07, 6.45) is -4.87. The third-order valence-electron chi connectivity index (χ3n) is 4.71. The summed E-state index contributed by atoms with van der Waals surface area (Å²) in [5, 5.41) is 2.39. The molecule has 1 saturated heterocycles. The second-order valence-corrected chi connectivity index (χ2v) is 6.50. The maximum absolute atomic E-state index is 13.5. The van der Waals surface area contributed by atoms with Gasteiger partial charge in [-0.2, -0.15) is 13.2 Å². The maximum Gasteiger partial charge on any atom is 0.416 e. The van der Waals surface area contributed by atoms with Crippen LogP contribution in [0.4, 0.5) is 22.0 Å². The van der Waals surface area contributed by atoms with Gasteiger partial charge < -0.3 is 5.32 Å². The van der Waals surface area contributed by atoms with E-state index in [2.05, 4.69) is 5.32 Å². The Hall–Kier alpha value is -1.70. The normalized spacial score (nSPS) is 23.9. The fourth-order valence-corrected chi connectivity index (χ4v) is 3.30. The Balaban J connectivity index is 1.87. The van der Waals surface area contributed by atoms with Gasteiger partial charge in [-0.05, 0) is 23.3 Å². The Morgan fingerprint density at radius 1 is 1.33 bits per heavy atom. The molecule has 2 aliphatic rings. The SMILES string of the molecule is CC1CN(Cc2cc3c(c(C(F)(F)F)c2)CNC3=O)CCC1(F)F. The highest BCUT2D eigenvalue weighted by atomic mass is 19.4. The highest BCUT2D eigenvalue weighted by Gasteiger charge is 2.41.